The van der Waals surface area contributed by atoms with E-state index in [4.69, 9.17) is 4.74 Å². The second-order valence-corrected chi connectivity index (χ2v) is 6.96. The Morgan fingerprint density at radius 1 is 1.35 bits per heavy atom. The summed E-state index contributed by atoms with van der Waals surface area (Å²) < 4.78 is 32.7. The molecule has 0 N–H and O–H groups in total. The zero-order valence-electron chi connectivity index (χ0n) is 11.7. The molecular formula is C15H10F2N2O2S2. The normalized spacial score (nSPS) is 15.0. The van der Waals surface area contributed by atoms with Crippen molar-refractivity contribution in [1.82, 2.24) is 4.98 Å². The minimum atomic E-state index is -0.663. The third-order valence-electron chi connectivity index (χ3n) is 3.55. The first-order valence-corrected chi connectivity index (χ1v) is 8.60. The molecule has 0 atom stereocenters. The molecule has 0 saturated carbocycles. The highest BCUT2D eigenvalue weighted by Gasteiger charge is 2.32. The molecule has 1 aliphatic rings. The van der Waals surface area contributed by atoms with Crippen LogP contribution in [0.5, 0.6) is 0 Å². The lowest BCUT2D eigenvalue weighted by Crippen LogP contribution is -2.53. The Morgan fingerprint density at radius 2 is 2.17 bits per heavy atom. The number of carbonyl (C=O) groups is 1. The maximum atomic E-state index is 13.7. The molecule has 1 saturated heterocycles. The Bertz CT molecular complexity index is 873. The summed E-state index contributed by atoms with van der Waals surface area (Å²) in [6.07, 6.45) is -0.212. The molecule has 3 heterocycles. The van der Waals surface area contributed by atoms with Crippen molar-refractivity contribution in [2.24, 2.45) is 0 Å². The van der Waals surface area contributed by atoms with Crippen molar-refractivity contribution in [3.05, 3.63) is 46.2 Å². The summed E-state index contributed by atoms with van der Waals surface area (Å²) in [4.78, 5) is 17.9. The number of anilines is 1. The molecule has 0 radical (unpaired) electrons. The molecule has 1 fully saturated rings. The van der Waals surface area contributed by atoms with E-state index in [1.54, 1.807) is 11.4 Å². The molecule has 2 aromatic heterocycles. The van der Waals surface area contributed by atoms with Gasteiger partial charge in [0, 0.05) is 11.4 Å². The van der Waals surface area contributed by atoms with Crippen molar-refractivity contribution in [2.45, 2.75) is 6.10 Å². The number of thiophene rings is 1. The Kier molecular flexibility index (Phi) is 3.50. The van der Waals surface area contributed by atoms with Crippen LogP contribution < -0.4 is 4.90 Å². The first-order chi connectivity index (χ1) is 11.1. The third-order valence-corrected chi connectivity index (χ3v) is 5.30. The minimum Gasteiger partial charge on any atom is -0.455 e. The van der Waals surface area contributed by atoms with E-state index in [0.29, 0.717) is 28.5 Å². The van der Waals surface area contributed by atoms with Gasteiger partial charge in [0.05, 0.1) is 23.4 Å². The van der Waals surface area contributed by atoms with Gasteiger partial charge in [-0.2, -0.15) is 11.3 Å². The van der Waals surface area contributed by atoms with Crippen LogP contribution in [0.1, 0.15) is 10.4 Å². The number of thiazole rings is 1. The predicted octanol–water partition coefficient (Wildman–Crippen LogP) is 3.68. The highest BCUT2D eigenvalue weighted by Crippen LogP contribution is 2.33. The van der Waals surface area contributed by atoms with Crippen LogP contribution in [0.3, 0.4) is 0 Å². The molecule has 4 rings (SSSR count). The summed E-state index contributed by atoms with van der Waals surface area (Å²) in [7, 11) is 0. The van der Waals surface area contributed by atoms with Crippen molar-refractivity contribution in [2.75, 3.05) is 18.0 Å². The predicted molar refractivity (Wildman–Crippen MR) is 85.3 cm³/mol. The summed E-state index contributed by atoms with van der Waals surface area (Å²) in [6.45, 7) is 1.000. The minimum absolute atomic E-state index is 0.171. The molecule has 3 aromatic rings. The fraction of sp³-hybridized carbons (Fsp3) is 0.200. The van der Waals surface area contributed by atoms with Crippen molar-refractivity contribution in [3.8, 4) is 0 Å². The maximum absolute atomic E-state index is 13.7. The number of rotatable bonds is 3. The molecule has 0 unspecified atom stereocenters. The van der Waals surface area contributed by atoms with E-state index in [1.165, 1.54) is 28.7 Å². The largest absolute Gasteiger partial charge is 0.455 e. The number of benzene rings is 1. The summed E-state index contributed by atoms with van der Waals surface area (Å²) in [5.41, 5.74) is 0.719. The number of nitrogens with zero attached hydrogens (tertiary/aromatic N) is 2. The van der Waals surface area contributed by atoms with Crippen molar-refractivity contribution < 1.29 is 18.3 Å². The number of hydrogen-bond donors (Lipinski definition) is 0. The fourth-order valence-corrected chi connectivity index (χ4v) is 4.00. The number of ether oxygens (including phenoxy) is 1. The fourth-order valence-electron chi connectivity index (χ4n) is 2.35. The molecule has 4 nitrogen and oxygen atoms in total. The lowest BCUT2D eigenvalue weighted by atomic mass is 10.2. The van der Waals surface area contributed by atoms with Gasteiger partial charge in [0.25, 0.3) is 0 Å². The van der Waals surface area contributed by atoms with E-state index in [0.717, 1.165) is 6.07 Å². The molecule has 23 heavy (non-hydrogen) atoms. The first kappa shape index (κ1) is 14.5. The lowest BCUT2D eigenvalue weighted by Gasteiger charge is -2.38. The van der Waals surface area contributed by atoms with Gasteiger partial charge in [0.2, 0.25) is 0 Å². The van der Waals surface area contributed by atoms with E-state index in [-0.39, 0.29) is 17.6 Å². The summed E-state index contributed by atoms with van der Waals surface area (Å²) in [5.74, 6) is -1.62. The topological polar surface area (TPSA) is 42.4 Å². The average molecular weight is 352 g/mol. The van der Waals surface area contributed by atoms with E-state index in [1.807, 2.05) is 10.3 Å². The molecule has 0 bridgehead atoms. The molecular weight excluding hydrogens is 342 g/mol. The molecule has 118 valence electrons. The van der Waals surface area contributed by atoms with Gasteiger partial charge in [-0.15, -0.1) is 0 Å². The second kappa shape index (κ2) is 5.54. The lowest BCUT2D eigenvalue weighted by molar-refractivity contribution is 0.0235. The first-order valence-electron chi connectivity index (χ1n) is 6.84. The number of aromatic nitrogens is 1. The van der Waals surface area contributed by atoms with Gasteiger partial charge in [-0.25, -0.2) is 18.6 Å². The van der Waals surface area contributed by atoms with Crippen LogP contribution in [-0.2, 0) is 4.74 Å². The van der Waals surface area contributed by atoms with Crippen LogP contribution in [0.25, 0.3) is 10.2 Å². The second-order valence-electron chi connectivity index (χ2n) is 5.18. The quantitative estimate of drug-likeness (QED) is 0.675. The third kappa shape index (κ3) is 2.68. The summed E-state index contributed by atoms with van der Waals surface area (Å²) >= 11 is 2.66. The molecule has 8 heteroatoms. The SMILES string of the molecule is O=C(OC1CN(c2nc3c(F)cc(F)cc3s2)C1)c1ccsc1. The van der Waals surface area contributed by atoms with E-state index < -0.39 is 11.6 Å². The van der Waals surface area contributed by atoms with Gasteiger partial charge >= 0.3 is 5.97 Å². The number of carbonyl (C=O) groups excluding carboxylic acids is 1. The monoisotopic (exact) mass is 352 g/mol. The molecule has 0 aliphatic carbocycles. The number of esters is 1. The molecule has 1 aromatic carbocycles. The average Bonchev–Trinajstić information content (AvgIpc) is 3.10. The number of fused-ring (bicyclic) bond motifs is 1. The zero-order chi connectivity index (χ0) is 16.0. The van der Waals surface area contributed by atoms with E-state index in [2.05, 4.69) is 4.98 Å². The number of halogens is 2. The van der Waals surface area contributed by atoms with Gasteiger partial charge in [-0.3, -0.25) is 0 Å². The highest BCUT2D eigenvalue weighted by molar-refractivity contribution is 7.22. The zero-order valence-corrected chi connectivity index (χ0v) is 13.3. The van der Waals surface area contributed by atoms with Gasteiger partial charge in [-0.1, -0.05) is 11.3 Å². The van der Waals surface area contributed by atoms with Gasteiger partial charge < -0.3 is 9.64 Å². The molecule has 0 amide bonds. The van der Waals surface area contributed by atoms with Gasteiger partial charge in [0.1, 0.15) is 17.4 Å². The summed E-state index contributed by atoms with van der Waals surface area (Å²) in [6, 6.07) is 3.81. The molecule has 1 aliphatic heterocycles. The highest BCUT2D eigenvalue weighted by atomic mass is 32.1. The van der Waals surface area contributed by atoms with E-state index >= 15 is 0 Å². The van der Waals surface area contributed by atoms with Crippen LogP contribution in [0.4, 0.5) is 13.9 Å². The van der Waals surface area contributed by atoms with Gasteiger partial charge in [0.15, 0.2) is 10.9 Å². The maximum Gasteiger partial charge on any atom is 0.339 e. The van der Waals surface area contributed by atoms with Crippen LogP contribution in [-0.4, -0.2) is 30.1 Å². The smallest absolute Gasteiger partial charge is 0.339 e. The molecule has 0 spiro atoms. The van der Waals surface area contributed by atoms with Crippen LogP contribution >= 0.6 is 22.7 Å². The van der Waals surface area contributed by atoms with Gasteiger partial charge in [-0.05, 0) is 17.5 Å². The van der Waals surface area contributed by atoms with Crippen LogP contribution in [0, 0.1) is 11.6 Å². The van der Waals surface area contributed by atoms with E-state index in [9.17, 15) is 13.6 Å². The summed E-state index contributed by atoms with van der Waals surface area (Å²) in [5, 5.41) is 4.16. The Balaban J connectivity index is 1.44. The van der Waals surface area contributed by atoms with Crippen LogP contribution in [0.15, 0.2) is 29.0 Å². The number of hydrogen-bond acceptors (Lipinski definition) is 6. The van der Waals surface area contributed by atoms with Crippen molar-refractivity contribution >= 4 is 44.0 Å². The Hall–Kier alpha value is -2.06. The standard InChI is InChI=1S/C15H10F2N2O2S2/c16-9-3-11(17)13-12(4-9)23-15(18-13)19-5-10(6-19)21-14(20)8-1-2-22-7-8/h1-4,7,10H,5-6H2. The van der Waals surface area contributed by atoms with Crippen molar-refractivity contribution in [1.29, 1.82) is 0 Å². The Labute approximate surface area is 137 Å². The van der Waals surface area contributed by atoms with Crippen molar-refractivity contribution in [3.63, 3.8) is 0 Å². The van der Waals surface area contributed by atoms with Crippen LogP contribution in [0.2, 0.25) is 0 Å². The Morgan fingerprint density at radius 3 is 2.91 bits per heavy atom.